The Hall–Kier alpha value is -2.63. The molecule has 0 fully saturated rings. The van der Waals surface area contributed by atoms with Crippen molar-refractivity contribution >= 4 is 24.0 Å². The summed E-state index contributed by atoms with van der Waals surface area (Å²) in [6, 6.07) is 9.85. The average molecular weight is 255 g/mol. The van der Waals surface area contributed by atoms with Gasteiger partial charge in [0.15, 0.2) is 0 Å². The molecule has 2 aliphatic rings. The third-order valence-electron chi connectivity index (χ3n) is 2.75. The quantitative estimate of drug-likeness (QED) is 0.874. The molecule has 19 heavy (non-hydrogen) atoms. The van der Waals surface area contributed by atoms with E-state index in [1.807, 2.05) is 42.3 Å². The van der Waals surface area contributed by atoms with Gasteiger partial charge in [-0.2, -0.15) is 10.2 Å². The molecule has 1 aromatic carbocycles. The molecule has 2 aliphatic heterocycles. The second kappa shape index (κ2) is 4.93. The van der Waals surface area contributed by atoms with E-state index in [9.17, 15) is 0 Å². The maximum atomic E-state index is 5.54. The largest absolute Gasteiger partial charge is 0.469 e. The summed E-state index contributed by atoms with van der Waals surface area (Å²) >= 11 is 0. The van der Waals surface area contributed by atoms with Crippen LogP contribution >= 0.6 is 0 Å². The van der Waals surface area contributed by atoms with Crippen LogP contribution < -0.4 is 10.5 Å². The van der Waals surface area contributed by atoms with Crippen molar-refractivity contribution in [3.8, 4) is 0 Å². The van der Waals surface area contributed by atoms with E-state index in [1.54, 1.807) is 12.4 Å². The minimum Gasteiger partial charge on any atom is -0.469 e. The van der Waals surface area contributed by atoms with Crippen molar-refractivity contribution in [1.29, 1.82) is 0 Å². The lowest BCUT2D eigenvalue weighted by atomic mass is 10.2. The van der Waals surface area contributed by atoms with Gasteiger partial charge in [0.05, 0.1) is 18.1 Å². The van der Waals surface area contributed by atoms with Crippen molar-refractivity contribution in [2.75, 3.05) is 11.6 Å². The highest BCUT2D eigenvalue weighted by Crippen LogP contribution is 2.22. The van der Waals surface area contributed by atoms with Gasteiger partial charge in [0.25, 0.3) is 5.90 Å². The first-order chi connectivity index (χ1) is 9.36. The van der Waals surface area contributed by atoms with E-state index in [-0.39, 0.29) is 0 Å². The molecule has 96 valence electrons. The van der Waals surface area contributed by atoms with Gasteiger partial charge in [-0.15, -0.1) is 5.10 Å². The molecule has 1 N–H and O–H groups in total. The lowest BCUT2D eigenvalue weighted by molar-refractivity contribution is 0.357. The molecule has 2 heterocycles. The van der Waals surface area contributed by atoms with Crippen molar-refractivity contribution < 1.29 is 4.74 Å². The molecule has 6 heteroatoms. The van der Waals surface area contributed by atoms with Crippen LogP contribution in [0.4, 0.5) is 5.69 Å². The third-order valence-corrected chi connectivity index (χ3v) is 2.75. The van der Waals surface area contributed by atoms with Crippen molar-refractivity contribution in [1.82, 2.24) is 5.53 Å². The molecule has 0 saturated carbocycles. The number of rotatable bonds is 2. The van der Waals surface area contributed by atoms with Gasteiger partial charge in [-0.1, -0.05) is 18.2 Å². The molecule has 0 unspecified atom stereocenters. The zero-order valence-corrected chi connectivity index (χ0v) is 10.4. The number of hydrazone groups is 1. The SMILES string of the molecule is CC1=C(C2=NN=CCO2)N(c2ccccc2)NN=C1. The molecule has 0 bridgehead atoms. The summed E-state index contributed by atoms with van der Waals surface area (Å²) in [6.07, 6.45) is 3.36. The Morgan fingerprint density at radius 2 is 2.11 bits per heavy atom. The molecule has 0 saturated heterocycles. The zero-order valence-electron chi connectivity index (χ0n) is 10.4. The molecule has 0 radical (unpaired) electrons. The van der Waals surface area contributed by atoms with Crippen molar-refractivity contribution in [2.24, 2.45) is 15.3 Å². The Balaban J connectivity index is 2.03. The molecule has 0 aliphatic carbocycles. The van der Waals surface area contributed by atoms with Gasteiger partial charge in [-0.05, 0) is 19.1 Å². The van der Waals surface area contributed by atoms with E-state index in [2.05, 4.69) is 20.8 Å². The smallest absolute Gasteiger partial charge is 0.260 e. The number of hydrogen-bond acceptors (Lipinski definition) is 6. The first kappa shape index (κ1) is 11.5. The molecule has 3 rings (SSSR count). The molecule has 0 atom stereocenters. The monoisotopic (exact) mass is 255 g/mol. The van der Waals surface area contributed by atoms with Crippen LogP contribution in [-0.2, 0) is 4.74 Å². The number of para-hydroxylation sites is 1. The Labute approximate surface area is 110 Å². The van der Waals surface area contributed by atoms with Crippen LogP contribution in [0.2, 0.25) is 0 Å². The molecule has 6 nitrogen and oxygen atoms in total. The molecule has 1 aromatic rings. The Bertz CT molecular complexity index is 588. The highest BCUT2D eigenvalue weighted by molar-refractivity contribution is 6.04. The zero-order chi connectivity index (χ0) is 13.1. The van der Waals surface area contributed by atoms with Gasteiger partial charge >= 0.3 is 0 Å². The van der Waals surface area contributed by atoms with Crippen molar-refractivity contribution in [3.63, 3.8) is 0 Å². The minimum atomic E-state index is 0.426. The highest BCUT2D eigenvalue weighted by Gasteiger charge is 2.24. The fraction of sp³-hybridized carbons (Fsp3) is 0.154. The van der Waals surface area contributed by atoms with E-state index in [1.165, 1.54) is 0 Å². The number of anilines is 1. The van der Waals surface area contributed by atoms with Gasteiger partial charge in [0.2, 0.25) is 0 Å². The normalized spacial score (nSPS) is 17.9. The second-order valence-corrected chi connectivity index (χ2v) is 4.07. The predicted octanol–water partition coefficient (Wildman–Crippen LogP) is 1.69. The van der Waals surface area contributed by atoms with Gasteiger partial charge in [-0.3, -0.25) is 0 Å². The molecule has 0 spiro atoms. The lowest BCUT2D eigenvalue weighted by Crippen LogP contribution is -2.41. The second-order valence-electron chi connectivity index (χ2n) is 4.07. The summed E-state index contributed by atoms with van der Waals surface area (Å²) in [5, 5.41) is 13.9. The number of hydrazine groups is 1. The standard InChI is InChI=1S/C13H13N5O/c1-10-9-15-17-18(11-5-3-2-4-6-11)12(10)13-16-14-7-8-19-13/h2-7,9,17H,8H2,1H3. The minimum absolute atomic E-state index is 0.426. The van der Waals surface area contributed by atoms with E-state index >= 15 is 0 Å². The summed E-state index contributed by atoms with van der Waals surface area (Å²) in [5.74, 6) is 0.488. The van der Waals surface area contributed by atoms with Crippen LogP contribution in [0.25, 0.3) is 0 Å². The van der Waals surface area contributed by atoms with Crippen LogP contribution in [0.3, 0.4) is 0 Å². The number of ether oxygens (including phenoxy) is 1. The average Bonchev–Trinajstić information content (AvgIpc) is 2.49. The third kappa shape index (κ3) is 2.20. The first-order valence-electron chi connectivity index (χ1n) is 5.93. The Morgan fingerprint density at radius 1 is 1.26 bits per heavy atom. The molecular weight excluding hydrogens is 242 g/mol. The van der Waals surface area contributed by atoms with Gasteiger partial charge in [0.1, 0.15) is 12.3 Å². The fourth-order valence-corrected chi connectivity index (χ4v) is 1.89. The number of nitrogens with one attached hydrogen (secondary N) is 1. The van der Waals surface area contributed by atoms with Crippen LogP contribution in [-0.4, -0.2) is 24.9 Å². The van der Waals surface area contributed by atoms with Crippen molar-refractivity contribution in [2.45, 2.75) is 6.92 Å². The first-order valence-corrected chi connectivity index (χ1v) is 5.93. The molecular formula is C13H13N5O. The maximum absolute atomic E-state index is 5.54. The number of nitrogens with zero attached hydrogens (tertiary/aromatic N) is 4. The van der Waals surface area contributed by atoms with E-state index in [0.29, 0.717) is 12.5 Å². The molecule has 0 amide bonds. The van der Waals surface area contributed by atoms with Crippen LogP contribution in [0.1, 0.15) is 6.92 Å². The van der Waals surface area contributed by atoms with Gasteiger partial charge in [0, 0.05) is 5.57 Å². The van der Waals surface area contributed by atoms with Crippen LogP contribution in [0.5, 0.6) is 0 Å². The Morgan fingerprint density at radius 3 is 2.84 bits per heavy atom. The van der Waals surface area contributed by atoms with Gasteiger partial charge < -0.3 is 4.74 Å². The summed E-state index contributed by atoms with van der Waals surface area (Å²) in [7, 11) is 0. The van der Waals surface area contributed by atoms with Crippen molar-refractivity contribution in [3.05, 3.63) is 41.6 Å². The maximum Gasteiger partial charge on any atom is 0.260 e. The number of benzene rings is 1. The number of allylic oxidation sites excluding steroid dienone is 1. The van der Waals surface area contributed by atoms with E-state index in [4.69, 9.17) is 4.74 Å². The topological polar surface area (TPSA) is 61.6 Å². The van der Waals surface area contributed by atoms with Crippen LogP contribution in [0, 0.1) is 0 Å². The van der Waals surface area contributed by atoms with Gasteiger partial charge in [-0.25, -0.2) is 10.5 Å². The number of hydrogen-bond donors (Lipinski definition) is 1. The predicted molar refractivity (Wildman–Crippen MR) is 75.1 cm³/mol. The van der Waals surface area contributed by atoms with E-state index < -0.39 is 0 Å². The highest BCUT2D eigenvalue weighted by atomic mass is 16.5. The lowest BCUT2D eigenvalue weighted by Gasteiger charge is -2.30. The summed E-state index contributed by atoms with van der Waals surface area (Å²) in [5.41, 5.74) is 5.67. The van der Waals surface area contributed by atoms with E-state index in [0.717, 1.165) is 17.0 Å². The summed E-state index contributed by atoms with van der Waals surface area (Å²) < 4.78 is 5.54. The fourth-order valence-electron chi connectivity index (χ4n) is 1.89. The van der Waals surface area contributed by atoms with Crippen LogP contribution in [0.15, 0.2) is 56.9 Å². The molecule has 0 aromatic heterocycles. The summed E-state index contributed by atoms with van der Waals surface area (Å²) in [6.45, 7) is 2.38. The Kier molecular flexibility index (Phi) is 2.97. The summed E-state index contributed by atoms with van der Waals surface area (Å²) in [4.78, 5) is 0.